The Morgan fingerprint density at radius 2 is 1.93 bits per heavy atom. The molecule has 1 saturated heterocycles. The predicted molar refractivity (Wildman–Crippen MR) is 62.7 cm³/mol. The zero-order valence-corrected chi connectivity index (χ0v) is 10.0. The van der Waals surface area contributed by atoms with Gasteiger partial charge in [0, 0.05) is 5.41 Å². The van der Waals surface area contributed by atoms with Crippen molar-refractivity contribution in [1.29, 1.82) is 0 Å². The van der Waals surface area contributed by atoms with Gasteiger partial charge in [-0.2, -0.15) is 0 Å². The predicted octanol–water partition coefficient (Wildman–Crippen LogP) is 2.57. The highest BCUT2D eigenvalue weighted by Gasteiger charge is 2.45. The number of hydrogen-bond donors (Lipinski definition) is 1. The van der Waals surface area contributed by atoms with Gasteiger partial charge in [0.1, 0.15) is 0 Å². The van der Waals surface area contributed by atoms with Crippen LogP contribution in [0.4, 0.5) is 0 Å². The molecular weight excluding hydrogens is 186 g/mol. The Morgan fingerprint density at radius 1 is 1.27 bits per heavy atom. The summed E-state index contributed by atoms with van der Waals surface area (Å²) in [5.41, 5.74) is 6.26. The first kappa shape index (κ1) is 11.4. The van der Waals surface area contributed by atoms with E-state index in [4.69, 9.17) is 10.5 Å². The molecule has 2 nitrogen and oxygen atoms in total. The Kier molecular flexibility index (Phi) is 3.68. The average molecular weight is 211 g/mol. The van der Waals surface area contributed by atoms with E-state index in [9.17, 15) is 0 Å². The van der Waals surface area contributed by atoms with E-state index >= 15 is 0 Å². The standard InChI is InChI=1S/C13H25NO/c1-11(8-14)7-13(9-15-10-13)12-5-3-2-4-6-12/h11-12H,2-10,14H2,1H3. The third-order valence-corrected chi connectivity index (χ3v) is 4.41. The van der Waals surface area contributed by atoms with Gasteiger partial charge >= 0.3 is 0 Å². The third-order valence-electron chi connectivity index (χ3n) is 4.41. The summed E-state index contributed by atoms with van der Waals surface area (Å²) < 4.78 is 5.50. The fourth-order valence-corrected chi connectivity index (χ4v) is 3.38. The van der Waals surface area contributed by atoms with Crippen LogP contribution in [0.3, 0.4) is 0 Å². The van der Waals surface area contributed by atoms with Gasteiger partial charge in [-0.05, 0) is 37.6 Å². The second-order valence-electron chi connectivity index (χ2n) is 5.74. The molecule has 0 bridgehead atoms. The van der Waals surface area contributed by atoms with Gasteiger partial charge in [-0.25, -0.2) is 0 Å². The van der Waals surface area contributed by atoms with Crippen LogP contribution < -0.4 is 5.73 Å². The van der Waals surface area contributed by atoms with Crippen LogP contribution in [-0.4, -0.2) is 19.8 Å². The molecule has 2 fully saturated rings. The minimum absolute atomic E-state index is 0.513. The summed E-state index contributed by atoms with van der Waals surface area (Å²) in [4.78, 5) is 0. The lowest BCUT2D eigenvalue weighted by atomic mass is 9.64. The Bertz CT molecular complexity index is 195. The summed E-state index contributed by atoms with van der Waals surface area (Å²) in [6.45, 7) is 5.11. The first-order valence-electron chi connectivity index (χ1n) is 6.55. The van der Waals surface area contributed by atoms with Gasteiger partial charge in [-0.15, -0.1) is 0 Å². The average Bonchev–Trinajstić information content (AvgIpc) is 2.24. The summed E-state index contributed by atoms with van der Waals surface area (Å²) in [6, 6.07) is 0. The van der Waals surface area contributed by atoms with E-state index < -0.39 is 0 Å². The summed E-state index contributed by atoms with van der Waals surface area (Å²) >= 11 is 0. The van der Waals surface area contributed by atoms with Crippen LogP contribution in [0, 0.1) is 17.3 Å². The topological polar surface area (TPSA) is 35.2 Å². The van der Waals surface area contributed by atoms with E-state index in [1.54, 1.807) is 0 Å². The first-order chi connectivity index (χ1) is 7.27. The van der Waals surface area contributed by atoms with E-state index in [1.807, 2.05) is 0 Å². The number of ether oxygens (including phenoxy) is 1. The van der Waals surface area contributed by atoms with Crippen molar-refractivity contribution < 1.29 is 4.74 Å². The molecule has 2 aliphatic rings. The van der Waals surface area contributed by atoms with Crippen LogP contribution in [0.1, 0.15) is 45.4 Å². The summed E-state index contributed by atoms with van der Waals surface area (Å²) in [7, 11) is 0. The summed E-state index contributed by atoms with van der Waals surface area (Å²) in [5.74, 6) is 1.59. The van der Waals surface area contributed by atoms with Crippen LogP contribution in [0.15, 0.2) is 0 Å². The monoisotopic (exact) mass is 211 g/mol. The molecule has 1 heterocycles. The van der Waals surface area contributed by atoms with Crippen molar-refractivity contribution in [2.75, 3.05) is 19.8 Å². The van der Waals surface area contributed by atoms with Crippen LogP contribution in [0.2, 0.25) is 0 Å². The van der Waals surface area contributed by atoms with Crippen molar-refractivity contribution in [2.24, 2.45) is 23.0 Å². The molecule has 2 N–H and O–H groups in total. The number of rotatable bonds is 4. The molecule has 0 aromatic rings. The Labute approximate surface area is 93.6 Å². The fraction of sp³-hybridized carbons (Fsp3) is 1.00. The quantitative estimate of drug-likeness (QED) is 0.775. The molecule has 0 aromatic heterocycles. The van der Waals surface area contributed by atoms with E-state index in [1.165, 1.54) is 38.5 Å². The summed E-state index contributed by atoms with van der Waals surface area (Å²) in [6.07, 6.45) is 8.46. The smallest absolute Gasteiger partial charge is 0.0547 e. The van der Waals surface area contributed by atoms with Crippen LogP contribution in [0.25, 0.3) is 0 Å². The molecule has 0 amide bonds. The van der Waals surface area contributed by atoms with Crippen LogP contribution >= 0.6 is 0 Å². The minimum atomic E-state index is 0.513. The fourth-order valence-electron chi connectivity index (χ4n) is 3.38. The lowest BCUT2D eigenvalue weighted by molar-refractivity contribution is -0.162. The molecule has 1 aliphatic heterocycles. The van der Waals surface area contributed by atoms with Gasteiger partial charge < -0.3 is 10.5 Å². The van der Waals surface area contributed by atoms with Crippen molar-refractivity contribution in [2.45, 2.75) is 45.4 Å². The molecule has 1 unspecified atom stereocenters. The molecule has 1 aliphatic carbocycles. The van der Waals surface area contributed by atoms with Crippen molar-refractivity contribution in [3.8, 4) is 0 Å². The zero-order chi connectivity index (χ0) is 10.7. The molecule has 88 valence electrons. The molecular formula is C13H25NO. The lowest BCUT2D eigenvalue weighted by Crippen LogP contribution is -2.50. The minimum Gasteiger partial charge on any atom is -0.380 e. The zero-order valence-electron chi connectivity index (χ0n) is 10.0. The van der Waals surface area contributed by atoms with Crippen molar-refractivity contribution in [1.82, 2.24) is 0 Å². The van der Waals surface area contributed by atoms with Crippen molar-refractivity contribution in [3.05, 3.63) is 0 Å². The molecule has 0 radical (unpaired) electrons. The molecule has 1 atom stereocenters. The van der Waals surface area contributed by atoms with Gasteiger partial charge in [0.05, 0.1) is 13.2 Å². The van der Waals surface area contributed by atoms with Gasteiger partial charge in [0.25, 0.3) is 0 Å². The Balaban J connectivity index is 1.94. The molecule has 15 heavy (non-hydrogen) atoms. The van der Waals surface area contributed by atoms with Crippen LogP contribution in [0.5, 0.6) is 0 Å². The number of hydrogen-bond acceptors (Lipinski definition) is 2. The second kappa shape index (κ2) is 4.84. The normalized spacial score (nSPS) is 28.4. The Hall–Kier alpha value is -0.0800. The largest absolute Gasteiger partial charge is 0.380 e. The van der Waals surface area contributed by atoms with Gasteiger partial charge in [-0.1, -0.05) is 26.2 Å². The molecule has 2 heteroatoms. The van der Waals surface area contributed by atoms with Crippen LogP contribution in [-0.2, 0) is 4.74 Å². The Morgan fingerprint density at radius 3 is 2.40 bits per heavy atom. The molecule has 1 saturated carbocycles. The second-order valence-corrected chi connectivity index (χ2v) is 5.74. The maximum Gasteiger partial charge on any atom is 0.0547 e. The maximum atomic E-state index is 5.75. The number of nitrogens with two attached hydrogens (primary N) is 1. The van der Waals surface area contributed by atoms with Gasteiger partial charge in [0.15, 0.2) is 0 Å². The highest BCUT2D eigenvalue weighted by atomic mass is 16.5. The summed E-state index contributed by atoms with van der Waals surface area (Å²) in [5, 5.41) is 0. The first-order valence-corrected chi connectivity index (χ1v) is 6.55. The van der Waals surface area contributed by atoms with E-state index in [0.29, 0.717) is 11.3 Å². The van der Waals surface area contributed by atoms with Gasteiger partial charge in [-0.3, -0.25) is 0 Å². The van der Waals surface area contributed by atoms with E-state index in [2.05, 4.69) is 6.92 Å². The highest BCUT2D eigenvalue weighted by molar-refractivity contribution is 4.94. The lowest BCUT2D eigenvalue weighted by Gasteiger charge is -2.50. The van der Waals surface area contributed by atoms with E-state index in [0.717, 1.165) is 25.7 Å². The highest BCUT2D eigenvalue weighted by Crippen LogP contribution is 2.47. The van der Waals surface area contributed by atoms with Crippen molar-refractivity contribution >= 4 is 0 Å². The third kappa shape index (κ3) is 2.36. The van der Waals surface area contributed by atoms with E-state index in [-0.39, 0.29) is 0 Å². The SMILES string of the molecule is CC(CN)CC1(C2CCCCC2)COC1. The van der Waals surface area contributed by atoms with Crippen molar-refractivity contribution in [3.63, 3.8) is 0 Å². The molecule has 0 spiro atoms. The maximum absolute atomic E-state index is 5.75. The molecule has 0 aromatic carbocycles. The molecule has 2 rings (SSSR count). The van der Waals surface area contributed by atoms with Gasteiger partial charge in [0.2, 0.25) is 0 Å².